The Kier molecular flexibility index (Phi) is 15.6. The molecule has 1 unspecified atom stereocenters. The summed E-state index contributed by atoms with van der Waals surface area (Å²) < 4.78 is 5.32. The quantitative estimate of drug-likeness (QED) is 0.0688. The average molecular weight is 1150 g/mol. The normalized spacial score (nSPS) is 13.7. The number of hydrogen-bond donors (Lipinski definition) is 0. The Hall–Kier alpha value is -8.34. The van der Waals surface area contributed by atoms with E-state index in [4.69, 9.17) is 0 Å². The molecule has 13 aromatic rings. The Labute approximate surface area is 517 Å². The lowest BCUT2D eigenvalue weighted by molar-refractivity contribution is 0.520. The Morgan fingerprint density at radius 3 is 1.40 bits per heavy atom. The van der Waals surface area contributed by atoms with Crippen LogP contribution in [0.15, 0.2) is 237 Å². The highest BCUT2D eigenvalue weighted by Crippen LogP contribution is 2.55. The summed E-state index contributed by atoms with van der Waals surface area (Å²) in [5, 5.41) is 5.29. The highest BCUT2D eigenvalue weighted by atomic mass is 32.1. The standard InChI is InChI=1S/C83H75NS2/c1-5-7-9-11-21-63-52-76(64(51-57(63)4)22-12-10-8-6-2)62-39-37-59(38-40-62)55-83(54-58-35-33-56(3)34-36-58)77-30-16-13-23-70(77)71-50-49-67(53-78(71)83)84(65-45-41-60(42-46-65)68-26-19-28-74-72-24-14-17-31-79(72)85-81(68)74)66-47-43-61(44-48-66)69-27-20-29-75-73-25-15-18-32-80(73)86-82(69)75/h13-20,23-53H,5-12,21-22,54-55H2,1-4H3. The number of rotatable bonds is 20. The van der Waals surface area contributed by atoms with E-state index in [-0.39, 0.29) is 5.41 Å². The molecule has 11 aromatic carbocycles. The minimum Gasteiger partial charge on any atom is -0.310 e. The van der Waals surface area contributed by atoms with E-state index in [1.54, 1.807) is 0 Å². The van der Waals surface area contributed by atoms with Crippen molar-refractivity contribution in [3.8, 4) is 44.5 Å². The molecule has 0 saturated heterocycles. The highest BCUT2D eigenvalue weighted by molar-refractivity contribution is 7.26. The van der Waals surface area contributed by atoms with Gasteiger partial charge in [-0.15, -0.1) is 22.7 Å². The van der Waals surface area contributed by atoms with Crippen molar-refractivity contribution in [2.24, 2.45) is 0 Å². The van der Waals surface area contributed by atoms with Crippen molar-refractivity contribution in [3.63, 3.8) is 0 Å². The van der Waals surface area contributed by atoms with E-state index in [2.05, 4.69) is 269 Å². The van der Waals surface area contributed by atoms with Gasteiger partial charge in [0.2, 0.25) is 0 Å². The Morgan fingerprint density at radius 1 is 0.349 bits per heavy atom. The fourth-order valence-corrected chi connectivity index (χ4v) is 16.7. The molecule has 0 fully saturated rings. The molecular formula is C83H75NS2. The first-order valence-electron chi connectivity index (χ1n) is 31.7. The van der Waals surface area contributed by atoms with Gasteiger partial charge in [0.1, 0.15) is 0 Å². The maximum Gasteiger partial charge on any atom is 0.0465 e. The first kappa shape index (κ1) is 55.5. The van der Waals surface area contributed by atoms with E-state index in [0.29, 0.717) is 0 Å². The topological polar surface area (TPSA) is 3.24 Å². The lowest BCUT2D eigenvalue weighted by Gasteiger charge is -2.34. The molecule has 2 heterocycles. The van der Waals surface area contributed by atoms with Gasteiger partial charge in [-0.05, 0) is 184 Å². The number of hydrogen-bond acceptors (Lipinski definition) is 3. The van der Waals surface area contributed by atoms with Crippen LogP contribution in [0.5, 0.6) is 0 Å². The molecule has 0 aliphatic heterocycles. The smallest absolute Gasteiger partial charge is 0.0465 e. The number of anilines is 3. The lowest BCUT2D eigenvalue weighted by atomic mass is 9.69. The van der Waals surface area contributed by atoms with Crippen LogP contribution in [0.2, 0.25) is 0 Å². The van der Waals surface area contributed by atoms with Crippen LogP contribution in [0.4, 0.5) is 17.1 Å². The molecule has 0 bridgehead atoms. The molecule has 0 saturated carbocycles. The van der Waals surface area contributed by atoms with Gasteiger partial charge in [-0.25, -0.2) is 0 Å². The number of aryl methyl sites for hydroxylation is 4. The van der Waals surface area contributed by atoms with Crippen molar-refractivity contribution in [2.45, 2.75) is 110 Å². The molecule has 424 valence electrons. The minimum atomic E-state index is -0.357. The summed E-state index contributed by atoms with van der Waals surface area (Å²) in [5.41, 5.74) is 24.7. The second-order valence-corrected chi connectivity index (χ2v) is 26.5. The van der Waals surface area contributed by atoms with Gasteiger partial charge >= 0.3 is 0 Å². The van der Waals surface area contributed by atoms with Crippen LogP contribution >= 0.6 is 22.7 Å². The van der Waals surface area contributed by atoms with Gasteiger partial charge in [0.05, 0.1) is 0 Å². The Balaban J connectivity index is 0.888. The largest absolute Gasteiger partial charge is 0.310 e. The van der Waals surface area contributed by atoms with Crippen LogP contribution in [0, 0.1) is 13.8 Å². The third kappa shape index (κ3) is 10.6. The summed E-state index contributed by atoms with van der Waals surface area (Å²) in [5.74, 6) is 0. The summed E-state index contributed by atoms with van der Waals surface area (Å²) in [6.45, 7) is 9.18. The van der Waals surface area contributed by atoms with Gasteiger partial charge in [-0.3, -0.25) is 0 Å². The monoisotopic (exact) mass is 1150 g/mol. The second kappa shape index (κ2) is 24.2. The molecule has 0 spiro atoms. The third-order valence-electron chi connectivity index (χ3n) is 18.7. The highest BCUT2D eigenvalue weighted by Gasteiger charge is 2.44. The van der Waals surface area contributed by atoms with Gasteiger partial charge in [0, 0.05) is 62.8 Å². The van der Waals surface area contributed by atoms with Crippen LogP contribution in [0.1, 0.15) is 110 Å². The Morgan fingerprint density at radius 2 is 0.814 bits per heavy atom. The summed E-state index contributed by atoms with van der Waals surface area (Å²) in [6.07, 6.45) is 14.2. The van der Waals surface area contributed by atoms with E-state index in [1.807, 2.05) is 22.7 Å². The third-order valence-corrected chi connectivity index (χ3v) is 21.2. The molecule has 3 heteroatoms. The van der Waals surface area contributed by atoms with Crippen molar-refractivity contribution >= 4 is 80.1 Å². The first-order chi connectivity index (χ1) is 42.3. The predicted molar refractivity (Wildman–Crippen MR) is 375 cm³/mol. The SMILES string of the molecule is CCCCCCc1cc(-c2ccc(CC3(Cc4ccc(C)cc4)c4ccccc4-c4ccc(N(c5ccc(-c6cccc7c6sc6ccccc67)cc5)c5ccc(-c6cccc7c6sc6ccccc67)cc5)cc43)cc2)c(CCCCCC)cc1C. The van der Waals surface area contributed by atoms with Crippen LogP contribution < -0.4 is 4.90 Å². The van der Waals surface area contributed by atoms with E-state index in [9.17, 15) is 0 Å². The molecule has 0 amide bonds. The van der Waals surface area contributed by atoms with Crippen LogP contribution in [0.25, 0.3) is 84.9 Å². The van der Waals surface area contributed by atoms with Crippen molar-refractivity contribution in [3.05, 3.63) is 281 Å². The average Bonchev–Trinajstić information content (AvgIpc) is 1.71. The fraction of sp³-hybridized carbons (Fsp3) is 0.205. The number of benzene rings is 11. The molecule has 1 nitrogen and oxygen atoms in total. The van der Waals surface area contributed by atoms with E-state index >= 15 is 0 Å². The number of unbranched alkanes of at least 4 members (excludes halogenated alkanes) is 6. The minimum absolute atomic E-state index is 0.357. The van der Waals surface area contributed by atoms with Crippen molar-refractivity contribution in [2.75, 3.05) is 4.90 Å². The summed E-state index contributed by atoms with van der Waals surface area (Å²) in [6, 6.07) is 90.9. The molecule has 2 aromatic heterocycles. The molecule has 1 aliphatic rings. The van der Waals surface area contributed by atoms with Crippen molar-refractivity contribution in [1.82, 2.24) is 0 Å². The van der Waals surface area contributed by atoms with Gasteiger partial charge in [0.25, 0.3) is 0 Å². The lowest BCUT2D eigenvalue weighted by Crippen LogP contribution is -2.31. The number of thiophene rings is 2. The molecular weight excluding hydrogens is 1080 g/mol. The van der Waals surface area contributed by atoms with Gasteiger partial charge < -0.3 is 4.90 Å². The fourth-order valence-electron chi connectivity index (χ4n) is 14.2. The molecule has 0 radical (unpaired) electrons. The molecule has 1 aliphatic carbocycles. The molecule has 0 N–H and O–H groups in total. The van der Waals surface area contributed by atoms with Crippen molar-refractivity contribution < 1.29 is 0 Å². The van der Waals surface area contributed by atoms with Crippen LogP contribution in [-0.4, -0.2) is 0 Å². The molecule has 86 heavy (non-hydrogen) atoms. The summed E-state index contributed by atoms with van der Waals surface area (Å²) in [7, 11) is 0. The van der Waals surface area contributed by atoms with E-state index in [0.717, 1.165) is 42.7 Å². The van der Waals surface area contributed by atoms with Gasteiger partial charge in [0.15, 0.2) is 0 Å². The van der Waals surface area contributed by atoms with E-state index < -0.39 is 0 Å². The predicted octanol–water partition coefficient (Wildman–Crippen LogP) is 24.5. The molecule has 14 rings (SSSR count). The zero-order valence-electron chi connectivity index (χ0n) is 50.3. The van der Waals surface area contributed by atoms with E-state index in [1.165, 1.54) is 181 Å². The maximum absolute atomic E-state index is 2.57. The Bertz CT molecular complexity index is 4400. The number of fused-ring (bicyclic) bond motifs is 9. The maximum atomic E-state index is 2.57. The van der Waals surface area contributed by atoms with Gasteiger partial charge in [-0.2, -0.15) is 0 Å². The van der Waals surface area contributed by atoms with Crippen molar-refractivity contribution in [1.29, 1.82) is 0 Å². The second-order valence-electron chi connectivity index (χ2n) is 24.4. The summed E-state index contributed by atoms with van der Waals surface area (Å²) >= 11 is 3.79. The van der Waals surface area contributed by atoms with Gasteiger partial charge in [-0.1, -0.05) is 246 Å². The first-order valence-corrected chi connectivity index (χ1v) is 33.3. The zero-order valence-corrected chi connectivity index (χ0v) is 51.9. The van der Waals surface area contributed by atoms with Crippen LogP contribution in [-0.2, 0) is 31.1 Å². The van der Waals surface area contributed by atoms with Crippen LogP contribution in [0.3, 0.4) is 0 Å². The molecule has 1 atom stereocenters. The summed E-state index contributed by atoms with van der Waals surface area (Å²) in [4.78, 5) is 2.50. The zero-order chi connectivity index (χ0) is 58.1. The number of nitrogens with zero attached hydrogens (tertiary/aromatic N) is 1.